The van der Waals surface area contributed by atoms with Crippen molar-refractivity contribution in [1.29, 1.82) is 0 Å². The molecule has 1 N–H and O–H groups in total. The third-order valence-corrected chi connectivity index (χ3v) is 2.53. The number of rotatable bonds is 5. The van der Waals surface area contributed by atoms with Crippen LogP contribution in [0.4, 0.5) is 0 Å². The molecular weight excluding hydrogens is 212 g/mol. The van der Waals surface area contributed by atoms with Crippen LogP contribution in [0.3, 0.4) is 0 Å². The average molecular weight is 229 g/mol. The summed E-state index contributed by atoms with van der Waals surface area (Å²) in [5.74, 6) is 6.91. The lowest BCUT2D eigenvalue weighted by atomic mass is 10.4. The normalized spacial score (nSPS) is 15.3. The Hall–Kier alpha value is -0.720. The minimum Gasteiger partial charge on any atom is -0.332 e. The summed E-state index contributed by atoms with van der Waals surface area (Å²) >= 11 is 5.52. The van der Waals surface area contributed by atoms with E-state index in [1.165, 1.54) is 0 Å². The van der Waals surface area contributed by atoms with Gasteiger partial charge in [-0.1, -0.05) is 11.8 Å². The van der Waals surface area contributed by atoms with Gasteiger partial charge >= 0.3 is 0 Å². The van der Waals surface area contributed by atoms with E-state index in [1.807, 2.05) is 4.90 Å². The summed E-state index contributed by atoms with van der Waals surface area (Å²) in [6.07, 6.45) is 2.64. The maximum absolute atomic E-state index is 11.2. The number of nitrogens with one attached hydrogen (secondary N) is 1. The maximum atomic E-state index is 11.2. The van der Waals surface area contributed by atoms with Gasteiger partial charge in [0.2, 0.25) is 5.91 Å². The molecule has 1 rings (SSSR count). The molecule has 1 saturated heterocycles. The number of carbonyl (C=O) groups excluding carboxylic acids is 1. The summed E-state index contributed by atoms with van der Waals surface area (Å²) in [4.78, 5) is 13.0. The molecule has 1 aliphatic heterocycles. The molecule has 1 aliphatic rings. The van der Waals surface area contributed by atoms with Crippen LogP contribution in [0.1, 0.15) is 19.3 Å². The summed E-state index contributed by atoms with van der Waals surface area (Å²) < 4.78 is 0. The van der Waals surface area contributed by atoms with E-state index in [4.69, 9.17) is 11.6 Å². The van der Waals surface area contributed by atoms with Crippen molar-refractivity contribution in [2.45, 2.75) is 19.3 Å². The molecule has 0 aliphatic carbocycles. The molecule has 0 spiro atoms. The predicted molar refractivity (Wildman–Crippen MR) is 61.8 cm³/mol. The van der Waals surface area contributed by atoms with E-state index < -0.39 is 0 Å². The lowest BCUT2D eigenvalue weighted by Crippen LogP contribution is -2.25. The second-order valence-corrected chi connectivity index (χ2v) is 3.87. The highest BCUT2D eigenvalue weighted by Crippen LogP contribution is 2.07. The molecule has 0 bridgehead atoms. The van der Waals surface area contributed by atoms with Crippen LogP contribution in [0.2, 0.25) is 0 Å². The first kappa shape index (κ1) is 12.4. The van der Waals surface area contributed by atoms with Crippen LogP contribution in [0, 0.1) is 11.8 Å². The molecule has 0 unspecified atom stereocenters. The van der Waals surface area contributed by atoms with Crippen molar-refractivity contribution in [2.24, 2.45) is 0 Å². The summed E-state index contributed by atoms with van der Waals surface area (Å²) in [6.45, 7) is 3.03. The molecule has 0 aromatic carbocycles. The molecule has 4 heteroatoms. The van der Waals surface area contributed by atoms with Crippen molar-refractivity contribution in [3.63, 3.8) is 0 Å². The molecule has 1 amide bonds. The average Bonchev–Trinajstić information content (AvgIpc) is 2.63. The lowest BCUT2D eigenvalue weighted by Gasteiger charge is -2.09. The highest BCUT2D eigenvalue weighted by atomic mass is 35.5. The van der Waals surface area contributed by atoms with Crippen molar-refractivity contribution in [2.75, 3.05) is 32.1 Å². The Labute approximate surface area is 96.2 Å². The molecule has 15 heavy (non-hydrogen) atoms. The zero-order chi connectivity index (χ0) is 10.9. The molecule has 1 fully saturated rings. The zero-order valence-electron chi connectivity index (χ0n) is 8.89. The number of alkyl halides is 1. The van der Waals surface area contributed by atoms with Crippen molar-refractivity contribution in [3.05, 3.63) is 0 Å². The fourth-order valence-electron chi connectivity index (χ4n) is 1.43. The van der Waals surface area contributed by atoms with Gasteiger partial charge in [-0.05, 0) is 19.4 Å². The van der Waals surface area contributed by atoms with Gasteiger partial charge in [0.25, 0.3) is 0 Å². The third-order valence-electron chi connectivity index (χ3n) is 2.27. The molecule has 1 heterocycles. The van der Waals surface area contributed by atoms with E-state index in [1.54, 1.807) is 0 Å². The molecular formula is C11H17ClN2O. The van der Waals surface area contributed by atoms with Crippen LogP contribution >= 0.6 is 11.6 Å². The van der Waals surface area contributed by atoms with Crippen LogP contribution in [-0.4, -0.2) is 42.9 Å². The lowest BCUT2D eigenvalue weighted by molar-refractivity contribution is -0.127. The minimum atomic E-state index is 0.236. The zero-order valence-corrected chi connectivity index (χ0v) is 9.65. The molecule has 0 aromatic rings. The largest absolute Gasteiger partial charge is 0.332 e. The van der Waals surface area contributed by atoms with Crippen molar-refractivity contribution < 1.29 is 4.79 Å². The Bertz CT molecular complexity index is 257. The number of likely N-dealkylation sites (tertiary alicyclic amines) is 1. The first-order chi connectivity index (χ1) is 7.34. The van der Waals surface area contributed by atoms with E-state index in [9.17, 15) is 4.79 Å². The maximum Gasteiger partial charge on any atom is 0.223 e. The summed E-state index contributed by atoms with van der Waals surface area (Å²) in [5, 5.41) is 3.16. The van der Waals surface area contributed by atoms with Gasteiger partial charge in [0.05, 0.1) is 13.1 Å². The fourth-order valence-corrected chi connectivity index (χ4v) is 1.56. The second kappa shape index (κ2) is 7.56. The van der Waals surface area contributed by atoms with Gasteiger partial charge in [-0.3, -0.25) is 4.79 Å². The second-order valence-electron chi connectivity index (χ2n) is 3.49. The first-order valence-corrected chi connectivity index (χ1v) is 5.88. The molecule has 3 nitrogen and oxygen atoms in total. The molecule has 84 valence electrons. The Balaban J connectivity index is 2.03. The van der Waals surface area contributed by atoms with Gasteiger partial charge < -0.3 is 10.2 Å². The topological polar surface area (TPSA) is 32.3 Å². The highest BCUT2D eigenvalue weighted by molar-refractivity contribution is 6.17. The van der Waals surface area contributed by atoms with Gasteiger partial charge in [0.1, 0.15) is 0 Å². The van der Waals surface area contributed by atoms with Crippen LogP contribution in [0.25, 0.3) is 0 Å². The number of hydrogen-bond acceptors (Lipinski definition) is 2. The Morgan fingerprint density at radius 2 is 2.33 bits per heavy atom. The Morgan fingerprint density at radius 1 is 1.47 bits per heavy atom. The SMILES string of the molecule is O=C1CCCN1CC#CCNCCCCl. The number of nitrogens with zero attached hydrogens (tertiary/aromatic N) is 1. The smallest absolute Gasteiger partial charge is 0.223 e. The van der Waals surface area contributed by atoms with Crippen LogP contribution < -0.4 is 5.32 Å². The van der Waals surface area contributed by atoms with Crippen molar-refractivity contribution in [1.82, 2.24) is 10.2 Å². The first-order valence-electron chi connectivity index (χ1n) is 5.35. The predicted octanol–water partition coefficient (Wildman–Crippen LogP) is 0.831. The Morgan fingerprint density at radius 3 is 3.00 bits per heavy atom. The van der Waals surface area contributed by atoms with E-state index >= 15 is 0 Å². The van der Waals surface area contributed by atoms with E-state index in [0.29, 0.717) is 25.4 Å². The highest BCUT2D eigenvalue weighted by Gasteiger charge is 2.18. The van der Waals surface area contributed by atoms with Crippen LogP contribution in [0.15, 0.2) is 0 Å². The summed E-state index contributed by atoms with van der Waals surface area (Å²) in [5.41, 5.74) is 0. The number of carbonyl (C=O) groups is 1. The molecule has 0 atom stereocenters. The number of hydrogen-bond donors (Lipinski definition) is 1. The molecule has 0 saturated carbocycles. The van der Waals surface area contributed by atoms with Gasteiger partial charge in [0, 0.05) is 18.8 Å². The van der Waals surface area contributed by atoms with E-state index in [-0.39, 0.29) is 5.91 Å². The third kappa shape index (κ3) is 5.06. The molecule has 0 aromatic heterocycles. The monoisotopic (exact) mass is 228 g/mol. The Kier molecular flexibility index (Phi) is 6.22. The van der Waals surface area contributed by atoms with E-state index in [0.717, 1.165) is 25.9 Å². The standard InChI is InChI=1S/C11H17ClN2O/c12-6-4-8-13-7-1-2-9-14-10-3-5-11(14)15/h13H,3-10H2. The van der Waals surface area contributed by atoms with Gasteiger partial charge in [-0.2, -0.15) is 0 Å². The minimum absolute atomic E-state index is 0.236. The van der Waals surface area contributed by atoms with Gasteiger partial charge in [0.15, 0.2) is 0 Å². The number of amides is 1. The van der Waals surface area contributed by atoms with Crippen LogP contribution in [0.5, 0.6) is 0 Å². The van der Waals surface area contributed by atoms with Crippen molar-refractivity contribution >= 4 is 17.5 Å². The van der Waals surface area contributed by atoms with Gasteiger partial charge in [-0.25, -0.2) is 0 Å². The van der Waals surface area contributed by atoms with Crippen molar-refractivity contribution in [3.8, 4) is 11.8 Å². The quantitative estimate of drug-likeness (QED) is 0.430. The van der Waals surface area contributed by atoms with E-state index in [2.05, 4.69) is 17.2 Å². The summed E-state index contributed by atoms with van der Waals surface area (Å²) in [7, 11) is 0. The molecule has 0 radical (unpaired) electrons. The van der Waals surface area contributed by atoms with Gasteiger partial charge in [-0.15, -0.1) is 11.6 Å². The number of halogens is 1. The van der Waals surface area contributed by atoms with Crippen LogP contribution in [-0.2, 0) is 4.79 Å². The fraction of sp³-hybridized carbons (Fsp3) is 0.727. The summed E-state index contributed by atoms with van der Waals surface area (Å²) in [6, 6.07) is 0.